The van der Waals surface area contributed by atoms with Gasteiger partial charge in [0.25, 0.3) is 0 Å². The lowest BCUT2D eigenvalue weighted by Crippen LogP contribution is -2.06. The van der Waals surface area contributed by atoms with Crippen molar-refractivity contribution >= 4 is 18.1 Å². The van der Waals surface area contributed by atoms with Crippen LogP contribution in [-0.4, -0.2) is 13.1 Å². The molecule has 4 rings (SSSR count). The van der Waals surface area contributed by atoms with Gasteiger partial charge in [-0.25, -0.2) is 4.79 Å². The molecule has 0 atom stereocenters. The highest BCUT2D eigenvalue weighted by atomic mass is 16.5. The highest BCUT2D eigenvalue weighted by Crippen LogP contribution is 2.40. The Balaban J connectivity index is 2.15. The summed E-state index contributed by atoms with van der Waals surface area (Å²) in [5.74, 6) is -0.316. The van der Waals surface area contributed by atoms with Crippen LogP contribution in [0.5, 0.6) is 0 Å². The van der Waals surface area contributed by atoms with Crippen LogP contribution in [0.2, 0.25) is 0 Å². The summed E-state index contributed by atoms with van der Waals surface area (Å²) >= 11 is 0. The second-order valence-corrected chi connectivity index (χ2v) is 5.73. The number of methoxy groups -OCH3 is 1. The average molecular weight is 312 g/mol. The summed E-state index contributed by atoms with van der Waals surface area (Å²) in [5.41, 5.74) is 6.94. The molecule has 24 heavy (non-hydrogen) atoms. The van der Waals surface area contributed by atoms with Gasteiger partial charge in [-0.05, 0) is 33.9 Å². The van der Waals surface area contributed by atoms with E-state index in [0.29, 0.717) is 5.56 Å². The molecule has 3 aromatic carbocycles. The van der Waals surface area contributed by atoms with Crippen LogP contribution in [0.1, 0.15) is 21.5 Å². The fourth-order valence-electron chi connectivity index (χ4n) is 3.28. The zero-order valence-corrected chi connectivity index (χ0v) is 13.3. The van der Waals surface area contributed by atoms with Crippen molar-refractivity contribution in [3.05, 3.63) is 83.4 Å². The molecular weight excluding hydrogens is 296 g/mol. The third kappa shape index (κ3) is 2.24. The number of hydrogen-bond donors (Lipinski definition) is 0. The summed E-state index contributed by atoms with van der Waals surface area (Å²) in [7, 11) is 1.42. The molecule has 0 aliphatic heterocycles. The number of carbonyl (C=O) groups is 1. The molecule has 3 aromatic rings. The minimum atomic E-state index is -0.316. The summed E-state index contributed by atoms with van der Waals surface area (Å²) in [6.45, 7) is 0. The zero-order valence-electron chi connectivity index (χ0n) is 13.3. The van der Waals surface area contributed by atoms with Gasteiger partial charge in [-0.15, -0.1) is 0 Å². The van der Waals surface area contributed by atoms with E-state index >= 15 is 0 Å². The summed E-state index contributed by atoms with van der Waals surface area (Å²) in [6.07, 6.45) is 4.23. The van der Waals surface area contributed by atoms with Crippen molar-refractivity contribution < 1.29 is 9.53 Å². The maximum atomic E-state index is 12.4. The molecule has 0 radical (unpaired) electrons. The first kappa shape index (κ1) is 14.5. The van der Waals surface area contributed by atoms with Gasteiger partial charge >= 0.3 is 5.97 Å². The molecule has 1 aliphatic rings. The van der Waals surface area contributed by atoms with Crippen molar-refractivity contribution in [2.24, 2.45) is 0 Å². The quantitative estimate of drug-likeness (QED) is 0.446. The predicted molar refractivity (Wildman–Crippen MR) is 97.6 cm³/mol. The molecule has 0 fully saturated rings. The van der Waals surface area contributed by atoms with Crippen molar-refractivity contribution in [2.45, 2.75) is 0 Å². The van der Waals surface area contributed by atoms with Gasteiger partial charge in [0.1, 0.15) is 0 Å². The maximum Gasteiger partial charge on any atom is 0.338 e. The Morgan fingerprint density at radius 3 is 2.00 bits per heavy atom. The van der Waals surface area contributed by atoms with E-state index in [-0.39, 0.29) is 5.97 Å². The minimum absolute atomic E-state index is 0.316. The number of fused-ring (bicyclic) bond motifs is 5. The number of hydrogen-bond acceptors (Lipinski definition) is 2. The lowest BCUT2D eigenvalue weighted by Gasteiger charge is -2.19. The van der Waals surface area contributed by atoms with Crippen LogP contribution < -0.4 is 0 Å². The van der Waals surface area contributed by atoms with E-state index < -0.39 is 0 Å². The standard InChI is InChI=1S/C22H16O2/c1-24-22(23)20-12-6-11-19-17-9-4-2-7-15(17)13-14-16-8-3-5-10-18(16)21(19)20/h2-14H,1H3/b14-13-,15-13?,16-14?,19-17?,21-18?. The highest BCUT2D eigenvalue weighted by Gasteiger charge is 2.21. The average Bonchev–Trinajstić information content (AvgIpc) is 2.64. The highest BCUT2D eigenvalue weighted by molar-refractivity contribution is 6.05. The summed E-state index contributed by atoms with van der Waals surface area (Å²) in [5, 5.41) is 0. The van der Waals surface area contributed by atoms with Crippen LogP contribution in [0.3, 0.4) is 0 Å². The second kappa shape index (κ2) is 5.82. The van der Waals surface area contributed by atoms with Crippen LogP contribution in [0.25, 0.3) is 34.4 Å². The molecule has 116 valence electrons. The molecule has 0 saturated heterocycles. The molecule has 0 unspecified atom stereocenters. The molecular formula is C22H16O2. The van der Waals surface area contributed by atoms with E-state index in [0.717, 1.165) is 33.4 Å². The number of carbonyl (C=O) groups excluding carboxylic acids is 1. The van der Waals surface area contributed by atoms with Crippen molar-refractivity contribution in [3.8, 4) is 22.3 Å². The Morgan fingerprint density at radius 1 is 0.708 bits per heavy atom. The molecule has 2 heteroatoms. The number of ether oxygens (including phenoxy) is 1. The number of benzene rings is 3. The SMILES string of the molecule is COC(=O)c1cccc2c1-c1ccccc1/C=C\c1ccccc1-2. The van der Waals surface area contributed by atoms with Crippen molar-refractivity contribution in [1.29, 1.82) is 0 Å². The summed E-state index contributed by atoms with van der Waals surface area (Å²) in [4.78, 5) is 12.4. The van der Waals surface area contributed by atoms with Crippen LogP contribution in [0.15, 0.2) is 66.7 Å². The summed E-state index contributed by atoms with van der Waals surface area (Å²) < 4.78 is 5.02. The number of rotatable bonds is 1. The topological polar surface area (TPSA) is 26.3 Å². The monoisotopic (exact) mass is 312 g/mol. The predicted octanol–water partition coefficient (Wildman–Crippen LogP) is 5.29. The van der Waals surface area contributed by atoms with Gasteiger partial charge in [-0.3, -0.25) is 0 Å². The number of esters is 1. The Morgan fingerprint density at radius 2 is 1.29 bits per heavy atom. The second-order valence-electron chi connectivity index (χ2n) is 5.73. The van der Waals surface area contributed by atoms with E-state index in [2.05, 4.69) is 42.5 Å². The Bertz CT molecular complexity index is 967. The first-order valence-electron chi connectivity index (χ1n) is 7.88. The molecule has 0 spiro atoms. The van der Waals surface area contributed by atoms with Gasteiger partial charge in [0.15, 0.2) is 0 Å². The van der Waals surface area contributed by atoms with Gasteiger partial charge in [0, 0.05) is 5.56 Å². The van der Waals surface area contributed by atoms with Gasteiger partial charge in [-0.2, -0.15) is 0 Å². The molecule has 0 heterocycles. The van der Waals surface area contributed by atoms with Crippen LogP contribution in [0, 0.1) is 0 Å². The van der Waals surface area contributed by atoms with Gasteiger partial charge < -0.3 is 4.74 Å². The third-order valence-corrected chi connectivity index (χ3v) is 4.39. The van der Waals surface area contributed by atoms with Crippen molar-refractivity contribution in [3.63, 3.8) is 0 Å². The summed E-state index contributed by atoms with van der Waals surface area (Å²) in [6, 6.07) is 22.2. The first-order chi connectivity index (χ1) is 11.8. The largest absolute Gasteiger partial charge is 0.465 e. The Hall–Kier alpha value is -3.13. The van der Waals surface area contributed by atoms with E-state index in [1.165, 1.54) is 7.11 Å². The Labute approximate surface area is 141 Å². The van der Waals surface area contributed by atoms with Crippen molar-refractivity contribution in [2.75, 3.05) is 7.11 Å². The fourth-order valence-corrected chi connectivity index (χ4v) is 3.28. The minimum Gasteiger partial charge on any atom is -0.465 e. The third-order valence-electron chi connectivity index (χ3n) is 4.39. The van der Waals surface area contributed by atoms with Crippen LogP contribution in [0.4, 0.5) is 0 Å². The van der Waals surface area contributed by atoms with Crippen molar-refractivity contribution in [1.82, 2.24) is 0 Å². The van der Waals surface area contributed by atoms with E-state index in [9.17, 15) is 4.79 Å². The smallest absolute Gasteiger partial charge is 0.338 e. The normalized spacial score (nSPS) is 12.9. The van der Waals surface area contributed by atoms with E-state index in [4.69, 9.17) is 4.74 Å². The molecule has 0 saturated carbocycles. The molecule has 2 nitrogen and oxygen atoms in total. The lowest BCUT2D eigenvalue weighted by molar-refractivity contribution is 0.0601. The van der Waals surface area contributed by atoms with Gasteiger partial charge in [-0.1, -0.05) is 72.8 Å². The van der Waals surface area contributed by atoms with Gasteiger partial charge in [0.2, 0.25) is 0 Å². The van der Waals surface area contributed by atoms with E-state index in [1.54, 1.807) is 0 Å². The van der Waals surface area contributed by atoms with Crippen LogP contribution in [-0.2, 0) is 4.74 Å². The fraction of sp³-hybridized carbons (Fsp3) is 0.0455. The van der Waals surface area contributed by atoms with Crippen LogP contribution >= 0.6 is 0 Å². The molecule has 0 N–H and O–H groups in total. The first-order valence-corrected chi connectivity index (χ1v) is 7.88. The maximum absolute atomic E-state index is 12.4. The molecule has 0 aromatic heterocycles. The van der Waals surface area contributed by atoms with Gasteiger partial charge in [0.05, 0.1) is 12.7 Å². The van der Waals surface area contributed by atoms with E-state index in [1.807, 2.05) is 36.4 Å². The zero-order chi connectivity index (χ0) is 16.5. The Kier molecular flexibility index (Phi) is 3.51. The molecule has 1 aliphatic carbocycles. The molecule has 0 amide bonds. The lowest BCUT2D eigenvalue weighted by atomic mass is 9.84. The molecule has 0 bridgehead atoms.